The molecule has 0 aliphatic heterocycles. The first-order chi connectivity index (χ1) is 14.8. The highest BCUT2D eigenvalue weighted by atomic mass is 16.4. The van der Waals surface area contributed by atoms with Crippen molar-refractivity contribution in [3.63, 3.8) is 0 Å². The smallest absolute Gasteiger partial charge is 0.195 e. The average molecular weight is 392 g/mol. The average Bonchev–Trinajstić information content (AvgIpc) is 3.35. The Morgan fingerprint density at radius 2 is 0.933 bits per heavy atom. The maximum absolute atomic E-state index is 5.97. The molecule has 6 rings (SSSR count). The van der Waals surface area contributed by atoms with Gasteiger partial charge < -0.3 is 8.83 Å². The second kappa shape index (κ2) is 6.99. The second-order valence-corrected chi connectivity index (χ2v) is 7.76. The Hall–Kier alpha value is -3.66. The summed E-state index contributed by atoms with van der Waals surface area (Å²) in [5.41, 5.74) is 3.56. The number of oxazole rings is 2. The van der Waals surface area contributed by atoms with E-state index in [0.717, 1.165) is 59.7 Å². The van der Waals surface area contributed by atoms with E-state index in [9.17, 15) is 0 Å². The molecule has 0 aliphatic carbocycles. The van der Waals surface area contributed by atoms with Crippen molar-refractivity contribution < 1.29 is 8.83 Å². The zero-order chi connectivity index (χ0) is 19.9. The fourth-order valence-electron chi connectivity index (χ4n) is 4.09. The molecule has 0 unspecified atom stereocenters. The summed E-state index contributed by atoms with van der Waals surface area (Å²) >= 11 is 0. The van der Waals surface area contributed by atoms with Gasteiger partial charge in [-0.1, -0.05) is 48.5 Å². The van der Waals surface area contributed by atoms with E-state index >= 15 is 0 Å². The third kappa shape index (κ3) is 3.11. The van der Waals surface area contributed by atoms with E-state index in [1.165, 1.54) is 21.5 Å². The Labute approximate surface area is 173 Å². The molecule has 0 atom stereocenters. The Bertz CT molecular complexity index is 1290. The number of hydrogen-bond donors (Lipinski definition) is 0. The standard InChI is InChI=1S/C26H20N2O2/c1-3-9-19-15-23-21(13-17(19)7-1)27-25(29-23)11-5-6-12-26-28-22-14-18-8-2-4-10-20(18)16-24(22)30-26/h1-4,7-10,13-16H,5-6,11-12H2. The zero-order valence-electron chi connectivity index (χ0n) is 16.5. The molecule has 30 heavy (non-hydrogen) atoms. The molecule has 0 amide bonds. The van der Waals surface area contributed by atoms with E-state index in [4.69, 9.17) is 8.83 Å². The van der Waals surface area contributed by atoms with Crippen LogP contribution in [-0.2, 0) is 12.8 Å². The monoisotopic (exact) mass is 392 g/mol. The predicted octanol–water partition coefficient (Wildman–Crippen LogP) is 6.84. The lowest BCUT2D eigenvalue weighted by molar-refractivity contribution is 0.490. The molecule has 0 aliphatic rings. The van der Waals surface area contributed by atoms with Gasteiger partial charge in [0.2, 0.25) is 0 Å². The van der Waals surface area contributed by atoms with Crippen LogP contribution in [0.2, 0.25) is 0 Å². The summed E-state index contributed by atoms with van der Waals surface area (Å²) in [6.45, 7) is 0. The molecule has 0 bridgehead atoms. The maximum atomic E-state index is 5.97. The lowest BCUT2D eigenvalue weighted by atomic mass is 10.1. The van der Waals surface area contributed by atoms with Gasteiger partial charge in [-0.3, -0.25) is 0 Å². The lowest BCUT2D eigenvalue weighted by Gasteiger charge is -1.95. The van der Waals surface area contributed by atoms with E-state index in [2.05, 4.69) is 58.5 Å². The Kier molecular flexibility index (Phi) is 4.01. The number of hydrogen-bond acceptors (Lipinski definition) is 4. The van der Waals surface area contributed by atoms with Gasteiger partial charge in [-0.05, 0) is 58.7 Å². The summed E-state index contributed by atoms with van der Waals surface area (Å²) in [7, 11) is 0. The van der Waals surface area contributed by atoms with Crippen molar-refractivity contribution in [2.75, 3.05) is 0 Å². The van der Waals surface area contributed by atoms with Crippen molar-refractivity contribution in [1.82, 2.24) is 9.97 Å². The first-order valence-corrected chi connectivity index (χ1v) is 10.4. The molecule has 0 fully saturated rings. The summed E-state index contributed by atoms with van der Waals surface area (Å²) in [4.78, 5) is 9.34. The molecule has 0 N–H and O–H groups in total. The summed E-state index contributed by atoms with van der Waals surface area (Å²) in [5.74, 6) is 1.59. The molecule has 6 aromatic rings. The Morgan fingerprint density at radius 1 is 0.533 bits per heavy atom. The van der Waals surface area contributed by atoms with Gasteiger partial charge in [0.15, 0.2) is 22.9 Å². The topological polar surface area (TPSA) is 52.1 Å². The van der Waals surface area contributed by atoms with Crippen LogP contribution in [-0.4, -0.2) is 9.97 Å². The van der Waals surface area contributed by atoms with Crippen LogP contribution < -0.4 is 0 Å². The number of rotatable bonds is 5. The van der Waals surface area contributed by atoms with Gasteiger partial charge in [-0.15, -0.1) is 0 Å². The van der Waals surface area contributed by atoms with Crippen molar-refractivity contribution in [2.45, 2.75) is 25.7 Å². The Balaban J connectivity index is 1.14. The van der Waals surface area contributed by atoms with E-state index in [1.807, 2.05) is 24.3 Å². The molecular formula is C26H20N2O2. The normalized spacial score (nSPS) is 11.9. The van der Waals surface area contributed by atoms with Crippen LogP contribution in [0, 0.1) is 0 Å². The van der Waals surface area contributed by atoms with Crippen LogP contribution in [0.5, 0.6) is 0 Å². The van der Waals surface area contributed by atoms with Gasteiger partial charge in [-0.2, -0.15) is 0 Å². The highest BCUT2D eigenvalue weighted by molar-refractivity contribution is 5.95. The van der Waals surface area contributed by atoms with Crippen molar-refractivity contribution in [3.05, 3.63) is 84.6 Å². The van der Waals surface area contributed by atoms with E-state index in [0.29, 0.717) is 0 Å². The molecule has 146 valence electrons. The maximum Gasteiger partial charge on any atom is 0.195 e. The molecule has 4 heteroatoms. The SMILES string of the molecule is c1ccc2cc3oc(CCCCc4nc5cc6ccccc6cc5o4)nc3cc2c1. The summed E-state index contributed by atoms with van der Waals surface area (Å²) in [6.07, 6.45) is 3.59. The minimum Gasteiger partial charge on any atom is -0.441 e. The van der Waals surface area contributed by atoms with Gasteiger partial charge in [0, 0.05) is 12.8 Å². The number of aromatic nitrogens is 2. The number of nitrogens with zero attached hydrogens (tertiary/aromatic N) is 2. The largest absolute Gasteiger partial charge is 0.441 e. The second-order valence-electron chi connectivity index (χ2n) is 7.76. The number of fused-ring (bicyclic) bond motifs is 4. The van der Waals surface area contributed by atoms with E-state index in [-0.39, 0.29) is 0 Å². The highest BCUT2D eigenvalue weighted by Crippen LogP contribution is 2.25. The van der Waals surface area contributed by atoms with Gasteiger partial charge in [0.05, 0.1) is 0 Å². The first kappa shape index (κ1) is 17.2. The van der Waals surface area contributed by atoms with Crippen LogP contribution in [0.15, 0.2) is 81.6 Å². The number of benzene rings is 4. The van der Waals surface area contributed by atoms with Gasteiger partial charge >= 0.3 is 0 Å². The predicted molar refractivity (Wildman–Crippen MR) is 120 cm³/mol. The van der Waals surface area contributed by atoms with Gasteiger partial charge in [0.25, 0.3) is 0 Å². The van der Waals surface area contributed by atoms with Gasteiger partial charge in [-0.25, -0.2) is 9.97 Å². The van der Waals surface area contributed by atoms with Crippen molar-refractivity contribution >= 4 is 43.7 Å². The van der Waals surface area contributed by atoms with Crippen LogP contribution in [0.3, 0.4) is 0 Å². The fraction of sp³-hybridized carbons (Fsp3) is 0.154. The Morgan fingerprint density at radius 3 is 1.37 bits per heavy atom. The molecule has 0 saturated heterocycles. The summed E-state index contributed by atoms with van der Waals surface area (Å²) < 4.78 is 11.9. The molecule has 4 aromatic carbocycles. The molecule has 0 radical (unpaired) electrons. The van der Waals surface area contributed by atoms with Crippen molar-refractivity contribution in [2.24, 2.45) is 0 Å². The summed E-state index contributed by atoms with van der Waals surface area (Å²) in [6, 6.07) is 24.9. The highest BCUT2D eigenvalue weighted by Gasteiger charge is 2.09. The van der Waals surface area contributed by atoms with E-state index < -0.39 is 0 Å². The van der Waals surface area contributed by atoms with E-state index in [1.54, 1.807) is 0 Å². The van der Waals surface area contributed by atoms with Crippen LogP contribution in [0.25, 0.3) is 43.7 Å². The molecular weight excluding hydrogens is 372 g/mol. The minimum atomic E-state index is 0.795. The molecule has 0 saturated carbocycles. The molecule has 0 spiro atoms. The van der Waals surface area contributed by atoms with Crippen molar-refractivity contribution in [3.8, 4) is 0 Å². The molecule has 2 aromatic heterocycles. The van der Waals surface area contributed by atoms with Crippen LogP contribution >= 0.6 is 0 Å². The molecule has 4 nitrogen and oxygen atoms in total. The number of aryl methyl sites for hydroxylation is 2. The fourth-order valence-corrected chi connectivity index (χ4v) is 4.09. The van der Waals surface area contributed by atoms with Gasteiger partial charge in [0.1, 0.15) is 11.0 Å². The molecule has 2 heterocycles. The van der Waals surface area contributed by atoms with Crippen LogP contribution in [0.1, 0.15) is 24.6 Å². The third-order valence-corrected chi connectivity index (χ3v) is 5.63. The minimum absolute atomic E-state index is 0.795. The van der Waals surface area contributed by atoms with Crippen LogP contribution in [0.4, 0.5) is 0 Å². The zero-order valence-corrected chi connectivity index (χ0v) is 16.5. The summed E-state index contributed by atoms with van der Waals surface area (Å²) in [5, 5.41) is 4.73. The lowest BCUT2D eigenvalue weighted by Crippen LogP contribution is -1.89. The first-order valence-electron chi connectivity index (χ1n) is 10.4. The van der Waals surface area contributed by atoms with Crippen molar-refractivity contribution in [1.29, 1.82) is 0 Å². The quantitative estimate of drug-likeness (QED) is 0.301. The number of unbranched alkanes of at least 4 members (excludes halogenated alkanes) is 1. The third-order valence-electron chi connectivity index (χ3n) is 5.63.